The van der Waals surface area contributed by atoms with Gasteiger partial charge in [-0.3, -0.25) is 9.59 Å². The number of halogens is 3. The van der Waals surface area contributed by atoms with E-state index in [-0.39, 0.29) is 19.0 Å². The largest absolute Gasteiger partial charge is 0.430 e. The van der Waals surface area contributed by atoms with Gasteiger partial charge < -0.3 is 19.8 Å². The van der Waals surface area contributed by atoms with Crippen molar-refractivity contribution in [2.24, 2.45) is 11.8 Å². The predicted octanol–water partition coefficient (Wildman–Crippen LogP) is 4.99. The number of aliphatic hydroxyl groups is 1. The Bertz CT molecular complexity index is 1160. The molecule has 2 aromatic carbocycles. The molecule has 0 bridgehead atoms. The number of carbonyl (C=O) groups excluding carboxylic acids is 2. The number of rotatable bonds is 6. The molecule has 0 aliphatic carbocycles. The summed E-state index contributed by atoms with van der Waals surface area (Å²) < 4.78 is 41.8. The predicted molar refractivity (Wildman–Crippen MR) is 144 cm³/mol. The van der Waals surface area contributed by atoms with Crippen molar-refractivity contribution in [3.63, 3.8) is 0 Å². The molecule has 2 aliphatic rings. The number of alkyl halides is 3. The topological polar surface area (TPSA) is 64.1 Å². The second-order valence-electron chi connectivity index (χ2n) is 11.2. The first-order valence-electron chi connectivity index (χ1n) is 13.6. The molecule has 0 spiro atoms. The number of aryl methyl sites for hydroxylation is 1. The highest BCUT2D eigenvalue weighted by Crippen LogP contribution is 2.41. The van der Waals surface area contributed by atoms with Crippen LogP contribution in [0.25, 0.3) is 0 Å². The van der Waals surface area contributed by atoms with E-state index in [1.807, 2.05) is 19.1 Å². The molecule has 0 saturated carbocycles. The maximum atomic E-state index is 13.9. The summed E-state index contributed by atoms with van der Waals surface area (Å²) in [6, 6.07) is 12.6. The Hall–Kier alpha value is -3.07. The van der Waals surface area contributed by atoms with Crippen LogP contribution < -0.4 is 4.90 Å². The van der Waals surface area contributed by atoms with Crippen LogP contribution in [-0.2, 0) is 10.4 Å². The summed E-state index contributed by atoms with van der Waals surface area (Å²) in [5, 5.41) is 10.6. The monoisotopic (exact) mass is 545 g/mol. The smallest absolute Gasteiger partial charge is 0.372 e. The van der Waals surface area contributed by atoms with Gasteiger partial charge in [0.15, 0.2) is 0 Å². The molecule has 0 aromatic heterocycles. The van der Waals surface area contributed by atoms with Gasteiger partial charge in [0.25, 0.3) is 17.4 Å². The number of likely N-dealkylation sites (tertiary alicyclic amines) is 1. The summed E-state index contributed by atoms with van der Waals surface area (Å²) in [6.07, 6.45) is -0.800. The lowest BCUT2D eigenvalue weighted by Gasteiger charge is -2.40. The third kappa shape index (κ3) is 6.08. The van der Waals surface area contributed by atoms with Crippen molar-refractivity contribution in [2.75, 3.05) is 45.2 Å². The Morgan fingerprint density at radius 1 is 0.923 bits per heavy atom. The summed E-state index contributed by atoms with van der Waals surface area (Å²) in [5.74, 6) is -0.421. The molecular formula is C30H38F3N3O3. The second kappa shape index (κ2) is 11.6. The summed E-state index contributed by atoms with van der Waals surface area (Å²) in [7, 11) is 3.49. The fourth-order valence-electron chi connectivity index (χ4n) is 5.91. The van der Waals surface area contributed by atoms with Crippen LogP contribution in [0.1, 0.15) is 53.6 Å². The van der Waals surface area contributed by atoms with Crippen molar-refractivity contribution < 1.29 is 27.9 Å². The van der Waals surface area contributed by atoms with Gasteiger partial charge in [-0.2, -0.15) is 13.2 Å². The van der Waals surface area contributed by atoms with E-state index in [2.05, 4.69) is 11.0 Å². The van der Waals surface area contributed by atoms with Crippen LogP contribution in [0.3, 0.4) is 0 Å². The van der Waals surface area contributed by atoms with E-state index in [9.17, 15) is 27.9 Å². The first kappa shape index (κ1) is 28.9. The molecule has 2 amide bonds. The van der Waals surface area contributed by atoms with Gasteiger partial charge >= 0.3 is 6.18 Å². The highest BCUT2D eigenvalue weighted by Gasteiger charge is 2.62. The quantitative estimate of drug-likeness (QED) is 0.556. The number of benzene rings is 2. The fourth-order valence-corrected chi connectivity index (χ4v) is 5.91. The minimum atomic E-state index is -5.11. The van der Waals surface area contributed by atoms with Crippen molar-refractivity contribution in [3.8, 4) is 0 Å². The lowest BCUT2D eigenvalue weighted by Crippen LogP contribution is -2.57. The van der Waals surface area contributed by atoms with Gasteiger partial charge in [0.1, 0.15) is 0 Å². The van der Waals surface area contributed by atoms with Crippen molar-refractivity contribution in [1.29, 1.82) is 0 Å². The maximum Gasteiger partial charge on any atom is 0.430 e. The van der Waals surface area contributed by atoms with Crippen LogP contribution in [0.2, 0.25) is 0 Å². The molecule has 1 N–H and O–H groups in total. The highest BCUT2D eigenvalue weighted by molar-refractivity contribution is 5.95. The van der Waals surface area contributed by atoms with Gasteiger partial charge in [-0.05, 0) is 74.6 Å². The van der Waals surface area contributed by atoms with Crippen molar-refractivity contribution in [1.82, 2.24) is 9.80 Å². The molecule has 2 aromatic rings. The first-order chi connectivity index (χ1) is 18.4. The molecule has 4 rings (SSSR count). The Morgan fingerprint density at radius 3 is 2.00 bits per heavy atom. The number of hydrogen-bond acceptors (Lipinski definition) is 4. The van der Waals surface area contributed by atoms with Gasteiger partial charge in [-0.15, -0.1) is 0 Å². The standard InChI is InChI=1S/C30H38F3N3O3/c1-21-19-25(9-10-26(21)27(37)34(2)3)35-15-11-22(12-16-35)20-23-13-17-36(18-14-23)28(38)29(39,30(31,32)33)24-7-5-4-6-8-24/h4-10,19,22-23,39H,11-18,20H2,1-3H3/t29-/m1/s1. The minimum Gasteiger partial charge on any atom is -0.372 e. The molecule has 2 heterocycles. The first-order valence-corrected chi connectivity index (χ1v) is 13.6. The van der Waals surface area contributed by atoms with Gasteiger partial charge in [0, 0.05) is 57.1 Å². The average molecular weight is 546 g/mol. The number of anilines is 1. The van der Waals surface area contributed by atoms with Gasteiger partial charge in [-0.25, -0.2) is 0 Å². The lowest BCUT2D eigenvalue weighted by molar-refractivity contribution is -0.262. The van der Waals surface area contributed by atoms with E-state index in [0.717, 1.165) is 55.7 Å². The molecule has 2 aliphatic heterocycles. The Kier molecular flexibility index (Phi) is 8.59. The molecule has 0 unspecified atom stereocenters. The van der Waals surface area contributed by atoms with Crippen molar-refractivity contribution in [2.45, 2.75) is 50.8 Å². The zero-order chi connectivity index (χ0) is 28.4. The van der Waals surface area contributed by atoms with Gasteiger partial charge in [-0.1, -0.05) is 30.3 Å². The van der Waals surface area contributed by atoms with Gasteiger partial charge in [0.05, 0.1) is 0 Å². The molecule has 2 fully saturated rings. The number of amides is 2. The molecule has 39 heavy (non-hydrogen) atoms. The Balaban J connectivity index is 1.29. The van der Waals surface area contributed by atoms with Crippen LogP contribution >= 0.6 is 0 Å². The molecule has 1 atom stereocenters. The fraction of sp³-hybridized carbons (Fsp3) is 0.533. The van der Waals surface area contributed by atoms with Gasteiger partial charge in [0.2, 0.25) is 0 Å². The lowest BCUT2D eigenvalue weighted by atomic mass is 9.82. The second-order valence-corrected chi connectivity index (χ2v) is 11.2. The molecule has 9 heteroatoms. The SMILES string of the molecule is Cc1cc(N2CCC(CC3CCN(C(=O)[C@](O)(c4ccccc4)C(F)(F)F)CC3)CC2)ccc1C(=O)N(C)C. The van der Waals surface area contributed by atoms with Crippen LogP contribution in [-0.4, -0.2) is 73.2 Å². The summed E-state index contributed by atoms with van der Waals surface area (Å²) in [5.41, 5.74) is -1.21. The van der Waals surface area contributed by atoms with Crippen molar-refractivity contribution in [3.05, 3.63) is 65.2 Å². The number of carbonyl (C=O) groups is 2. The zero-order valence-corrected chi connectivity index (χ0v) is 22.9. The summed E-state index contributed by atoms with van der Waals surface area (Å²) in [4.78, 5) is 30.4. The van der Waals surface area contributed by atoms with Crippen LogP contribution in [0.4, 0.5) is 18.9 Å². The normalized spacial score (nSPS) is 19.1. The zero-order valence-electron chi connectivity index (χ0n) is 22.9. The third-order valence-electron chi connectivity index (χ3n) is 8.31. The molecule has 212 valence electrons. The van der Waals surface area contributed by atoms with Crippen LogP contribution in [0, 0.1) is 18.8 Å². The van der Waals surface area contributed by atoms with E-state index in [1.54, 1.807) is 25.1 Å². The Morgan fingerprint density at radius 2 is 1.49 bits per heavy atom. The third-order valence-corrected chi connectivity index (χ3v) is 8.31. The highest BCUT2D eigenvalue weighted by atomic mass is 19.4. The minimum absolute atomic E-state index is 0.00587. The van der Waals surface area contributed by atoms with Crippen LogP contribution in [0.15, 0.2) is 48.5 Å². The molecule has 6 nitrogen and oxygen atoms in total. The Labute approximate surface area is 228 Å². The number of hydrogen-bond donors (Lipinski definition) is 1. The number of piperidine rings is 2. The van der Waals surface area contributed by atoms with E-state index >= 15 is 0 Å². The summed E-state index contributed by atoms with van der Waals surface area (Å²) >= 11 is 0. The molecule has 0 radical (unpaired) electrons. The average Bonchev–Trinajstić information content (AvgIpc) is 2.92. The van der Waals surface area contributed by atoms with Crippen molar-refractivity contribution >= 4 is 17.5 Å². The molecule has 2 saturated heterocycles. The number of nitrogens with zero attached hydrogens (tertiary/aromatic N) is 3. The van der Waals surface area contributed by atoms with E-state index < -0.39 is 23.2 Å². The van der Waals surface area contributed by atoms with Crippen LogP contribution in [0.5, 0.6) is 0 Å². The summed E-state index contributed by atoms with van der Waals surface area (Å²) in [6.45, 7) is 4.21. The molecular weight excluding hydrogens is 507 g/mol. The maximum absolute atomic E-state index is 13.9. The van der Waals surface area contributed by atoms with E-state index in [1.165, 1.54) is 17.0 Å². The van der Waals surface area contributed by atoms with E-state index in [4.69, 9.17) is 0 Å². The van der Waals surface area contributed by atoms with E-state index in [0.29, 0.717) is 30.2 Å².